The standard InChI is InChI=1S/C16H12O2S3/c1-3-16(17,14-8-9-15(18-2)21-14)13-7-6-12(20-13)11-5-4-10-19-11/h1,4-10,17H,2H3. The summed E-state index contributed by atoms with van der Waals surface area (Å²) in [7, 11) is 1.60. The average Bonchev–Trinajstić information content (AvgIpc) is 3.26. The van der Waals surface area contributed by atoms with Crippen molar-refractivity contribution in [2.45, 2.75) is 5.60 Å². The fourth-order valence-corrected chi connectivity index (χ4v) is 4.83. The first-order chi connectivity index (χ1) is 10.2. The van der Waals surface area contributed by atoms with Gasteiger partial charge >= 0.3 is 0 Å². The first-order valence-corrected chi connectivity index (χ1v) is 8.67. The fraction of sp³-hybridized carbons (Fsp3) is 0.125. The van der Waals surface area contributed by atoms with E-state index < -0.39 is 5.60 Å². The predicted octanol–water partition coefficient (Wildman–Crippen LogP) is 4.42. The summed E-state index contributed by atoms with van der Waals surface area (Å²) < 4.78 is 5.18. The summed E-state index contributed by atoms with van der Waals surface area (Å²) in [6.45, 7) is 0. The molecule has 3 aromatic heterocycles. The van der Waals surface area contributed by atoms with Crippen molar-refractivity contribution >= 4 is 34.0 Å². The third kappa shape index (κ3) is 2.52. The maximum Gasteiger partial charge on any atom is 0.195 e. The van der Waals surface area contributed by atoms with Crippen molar-refractivity contribution in [2.24, 2.45) is 0 Å². The van der Waals surface area contributed by atoms with E-state index in [1.54, 1.807) is 18.4 Å². The molecule has 0 radical (unpaired) electrons. The number of terminal acetylenes is 1. The molecule has 0 aliphatic rings. The SMILES string of the molecule is C#CC(O)(c1ccc(OC)s1)c1ccc(-c2cccs2)s1. The molecule has 1 atom stereocenters. The third-order valence-electron chi connectivity index (χ3n) is 3.07. The van der Waals surface area contributed by atoms with Crippen LogP contribution in [0.25, 0.3) is 9.75 Å². The molecule has 106 valence electrons. The van der Waals surface area contributed by atoms with Crippen molar-refractivity contribution in [1.82, 2.24) is 0 Å². The number of ether oxygens (including phenoxy) is 1. The largest absolute Gasteiger partial charge is 0.487 e. The Bertz CT molecular complexity index is 777. The van der Waals surface area contributed by atoms with E-state index in [0.717, 1.165) is 14.8 Å². The lowest BCUT2D eigenvalue weighted by molar-refractivity contribution is 0.153. The maximum atomic E-state index is 10.9. The zero-order chi connectivity index (χ0) is 14.9. The molecular formula is C16H12O2S3. The Morgan fingerprint density at radius 1 is 1.10 bits per heavy atom. The van der Waals surface area contributed by atoms with E-state index in [9.17, 15) is 5.11 Å². The minimum Gasteiger partial charge on any atom is -0.487 e. The molecule has 0 fully saturated rings. The Morgan fingerprint density at radius 3 is 2.48 bits per heavy atom. The molecule has 5 heteroatoms. The van der Waals surface area contributed by atoms with E-state index in [1.165, 1.54) is 27.6 Å². The highest BCUT2D eigenvalue weighted by atomic mass is 32.1. The van der Waals surface area contributed by atoms with E-state index >= 15 is 0 Å². The first-order valence-electron chi connectivity index (χ1n) is 6.16. The van der Waals surface area contributed by atoms with Crippen molar-refractivity contribution in [1.29, 1.82) is 0 Å². The van der Waals surface area contributed by atoms with Gasteiger partial charge < -0.3 is 9.84 Å². The Labute approximate surface area is 135 Å². The van der Waals surface area contributed by atoms with Gasteiger partial charge in [0, 0.05) is 9.75 Å². The van der Waals surface area contributed by atoms with Gasteiger partial charge in [-0.2, -0.15) is 0 Å². The van der Waals surface area contributed by atoms with Gasteiger partial charge in [0.15, 0.2) is 10.7 Å². The van der Waals surface area contributed by atoms with Crippen LogP contribution in [0.2, 0.25) is 0 Å². The summed E-state index contributed by atoms with van der Waals surface area (Å²) in [5.41, 5.74) is -1.40. The van der Waals surface area contributed by atoms with Gasteiger partial charge in [-0.25, -0.2) is 0 Å². The lowest BCUT2D eigenvalue weighted by Crippen LogP contribution is -2.22. The zero-order valence-corrected chi connectivity index (χ0v) is 13.6. The monoisotopic (exact) mass is 332 g/mol. The van der Waals surface area contributed by atoms with Crippen molar-refractivity contribution in [3.05, 3.63) is 51.5 Å². The van der Waals surface area contributed by atoms with Gasteiger partial charge in [0.1, 0.15) is 0 Å². The van der Waals surface area contributed by atoms with Gasteiger partial charge in [0.25, 0.3) is 0 Å². The second-order valence-corrected chi connectivity index (χ2v) is 7.40. The van der Waals surface area contributed by atoms with E-state index in [-0.39, 0.29) is 0 Å². The average molecular weight is 332 g/mol. The summed E-state index contributed by atoms with van der Waals surface area (Å²) in [5.74, 6) is 2.53. The van der Waals surface area contributed by atoms with Crippen molar-refractivity contribution in [2.75, 3.05) is 7.11 Å². The van der Waals surface area contributed by atoms with Gasteiger partial charge in [0.2, 0.25) is 0 Å². The molecule has 0 amide bonds. The molecule has 1 N–H and O–H groups in total. The topological polar surface area (TPSA) is 29.5 Å². The molecule has 0 aromatic carbocycles. The van der Waals surface area contributed by atoms with Crippen LogP contribution >= 0.6 is 34.0 Å². The van der Waals surface area contributed by atoms with Crippen LogP contribution in [-0.4, -0.2) is 12.2 Å². The fourth-order valence-electron chi connectivity index (χ4n) is 1.97. The molecule has 3 heterocycles. The van der Waals surface area contributed by atoms with Gasteiger partial charge in [0.05, 0.1) is 16.9 Å². The molecule has 0 saturated carbocycles. The van der Waals surface area contributed by atoms with Gasteiger partial charge in [-0.05, 0) is 35.7 Å². The molecular weight excluding hydrogens is 320 g/mol. The Kier molecular flexibility index (Phi) is 3.87. The van der Waals surface area contributed by atoms with Crippen LogP contribution in [0.3, 0.4) is 0 Å². The highest BCUT2D eigenvalue weighted by molar-refractivity contribution is 7.21. The first kappa shape index (κ1) is 14.4. The van der Waals surface area contributed by atoms with Crippen molar-refractivity contribution < 1.29 is 9.84 Å². The number of aliphatic hydroxyl groups is 1. The van der Waals surface area contributed by atoms with Crippen LogP contribution in [-0.2, 0) is 5.60 Å². The van der Waals surface area contributed by atoms with E-state index in [2.05, 4.69) is 12.0 Å². The molecule has 1 unspecified atom stereocenters. The van der Waals surface area contributed by atoms with E-state index in [0.29, 0.717) is 4.88 Å². The van der Waals surface area contributed by atoms with Gasteiger partial charge in [-0.15, -0.1) is 29.1 Å². The lowest BCUT2D eigenvalue weighted by Gasteiger charge is -2.18. The normalized spacial score (nSPS) is 13.6. The number of thiophene rings is 3. The minimum atomic E-state index is -1.40. The lowest BCUT2D eigenvalue weighted by atomic mass is 10.0. The molecule has 0 aliphatic carbocycles. The number of methoxy groups -OCH3 is 1. The summed E-state index contributed by atoms with van der Waals surface area (Å²) >= 11 is 4.55. The van der Waals surface area contributed by atoms with Crippen LogP contribution in [0, 0.1) is 12.3 Å². The Morgan fingerprint density at radius 2 is 1.86 bits per heavy atom. The number of hydrogen-bond donors (Lipinski definition) is 1. The molecule has 21 heavy (non-hydrogen) atoms. The van der Waals surface area contributed by atoms with Crippen LogP contribution in [0.4, 0.5) is 0 Å². The quantitative estimate of drug-likeness (QED) is 0.717. The highest BCUT2D eigenvalue weighted by Gasteiger charge is 2.33. The molecule has 0 bridgehead atoms. The molecule has 3 aromatic rings. The van der Waals surface area contributed by atoms with Crippen LogP contribution < -0.4 is 4.74 Å². The zero-order valence-electron chi connectivity index (χ0n) is 11.2. The van der Waals surface area contributed by atoms with E-state index in [1.807, 2.05) is 35.7 Å². The molecule has 0 aliphatic heterocycles. The van der Waals surface area contributed by atoms with E-state index in [4.69, 9.17) is 11.2 Å². The number of rotatable bonds is 4. The van der Waals surface area contributed by atoms with Gasteiger partial charge in [-0.1, -0.05) is 23.3 Å². The Balaban J connectivity index is 2.02. The van der Waals surface area contributed by atoms with Crippen molar-refractivity contribution in [3.63, 3.8) is 0 Å². The third-order valence-corrected chi connectivity index (χ3v) is 6.49. The predicted molar refractivity (Wildman–Crippen MR) is 90.3 cm³/mol. The maximum absolute atomic E-state index is 10.9. The molecule has 3 rings (SSSR count). The van der Waals surface area contributed by atoms with Crippen LogP contribution in [0.1, 0.15) is 9.75 Å². The smallest absolute Gasteiger partial charge is 0.195 e. The minimum absolute atomic E-state index is 0.696. The Hall–Kier alpha value is -1.58. The summed E-state index contributed by atoms with van der Waals surface area (Å²) in [5, 5.41) is 13.7. The summed E-state index contributed by atoms with van der Waals surface area (Å²) in [4.78, 5) is 3.73. The summed E-state index contributed by atoms with van der Waals surface area (Å²) in [6.07, 6.45) is 5.62. The molecule has 2 nitrogen and oxygen atoms in total. The second-order valence-electron chi connectivity index (χ2n) is 4.32. The van der Waals surface area contributed by atoms with Crippen LogP contribution in [0.5, 0.6) is 5.06 Å². The molecule has 0 spiro atoms. The second kappa shape index (κ2) is 5.66. The van der Waals surface area contributed by atoms with Gasteiger partial charge in [-0.3, -0.25) is 0 Å². The summed E-state index contributed by atoms with van der Waals surface area (Å²) in [6, 6.07) is 11.6. The van der Waals surface area contributed by atoms with Crippen LogP contribution in [0.15, 0.2) is 41.8 Å². The molecule has 0 saturated heterocycles. The number of hydrogen-bond acceptors (Lipinski definition) is 5. The highest BCUT2D eigenvalue weighted by Crippen LogP contribution is 2.42. The van der Waals surface area contributed by atoms with Crippen molar-refractivity contribution in [3.8, 4) is 27.2 Å².